The van der Waals surface area contributed by atoms with E-state index >= 15 is 0 Å². The molecule has 124 valence electrons. The fourth-order valence-corrected chi connectivity index (χ4v) is 3.58. The molecule has 0 aliphatic heterocycles. The molecular weight excluding hydrogens is 336 g/mol. The van der Waals surface area contributed by atoms with E-state index in [4.69, 9.17) is 4.42 Å². The highest BCUT2D eigenvalue weighted by atomic mass is 32.1. The van der Waals surface area contributed by atoms with Gasteiger partial charge in [0, 0.05) is 5.39 Å². The largest absolute Gasteiger partial charge is 0.422 e. The summed E-state index contributed by atoms with van der Waals surface area (Å²) in [4.78, 5) is 29.1. The van der Waals surface area contributed by atoms with Crippen LogP contribution in [0.3, 0.4) is 0 Å². The molecule has 0 spiro atoms. The Morgan fingerprint density at radius 2 is 1.96 bits per heavy atom. The van der Waals surface area contributed by atoms with Crippen molar-refractivity contribution >= 4 is 43.6 Å². The van der Waals surface area contributed by atoms with E-state index in [0.717, 1.165) is 21.3 Å². The first-order valence-corrected chi connectivity index (χ1v) is 8.55. The number of para-hydroxylation sites is 1. The van der Waals surface area contributed by atoms with Gasteiger partial charge in [-0.1, -0.05) is 35.6 Å². The van der Waals surface area contributed by atoms with Crippen LogP contribution >= 0.6 is 11.3 Å². The molecule has 6 heteroatoms. The molecule has 5 nitrogen and oxygen atoms in total. The van der Waals surface area contributed by atoms with Gasteiger partial charge >= 0.3 is 5.63 Å². The van der Waals surface area contributed by atoms with E-state index in [1.54, 1.807) is 24.3 Å². The number of fused-ring (bicyclic) bond motifs is 2. The average molecular weight is 350 g/mol. The Labute approximate surface area is 146 Å². The highest BCUT2D eigenvalue weighted by Crippen LogP contribution is 2.29. The Morgan fingerprint density at radius 3 is 2.80 bits per heavy atom. The molecule has 0 atom stereocenters. The lowest BCUT2D eigenvalue weighted by Gasteiger charge is -2.02. The van der Waals surface area contributed by atoms with Crippen molar-refractivity contribution < 1.29 is 9.21 Å². The summed E-state index contributed by atoms with van der Waals surface area (Å²) in [5, 5.41) is 3.87. The van der Waals surface area contributed by atoms with Gasteiger partial charge in [0.15, 0.2) is 5.13 Å². The number of aryl methyl sites for hydroxylation is 2. The molecule has 4 rings (SSSR count). The maximum atomic E-state index is 12.5. The lowest BCUT2D eigenvalue weighted by Crippen LogP contribution is -2.20. The fourth-order valence-electron chi connectivity index (χ4n) is 2.66. The SMILES string of the molecule is Cc1ccc2sc(NC(=O)c3cc4ccccc4oc3=O)nc2c1C. The van der Waals surface area contributed by atoms with Gasteiger partial charge in [-0.3, -0.25) is 10.1 Å². The van der Waals surface area contributed by atoms with Crippen molar-refractivity contribution in [3.8, 4) is 0 Å². The van der Waals surface area contributed by atoms with Gasteiger partial charge in [0.05, 0.1) is 10.2 Å². The van der Waals surface area contributed by atoms with Gasteiger partial charge in [0.2, 0.25) is 0 Å². The summed E-state index contributed by atoms with van der Waals surface area (Å²) < 4.78 is 6.20. The summed E-state index contributed by atoms with van der Waals surface area (Å²) in [5.41, 5.74) is 2.85. The summed E-state index contributed by atoms with van der Waals surface area (Å²) in [6, 6.07) is 12.6. The predicted octanol–water partition coefficient (Wildman–Crippen LogP) is 4.27. The lowest BCUT2D eigenvalue weighted by atomic mass is 10.1. The number of amides is 1. The number of aromatic nitrogens is 1. The van der Waals surface area contributed by atoms with Crippen LogP contribution in [0.25, 0.3) is 21.2 Å². The van der Waals surface area contributed by atoms with Crippen molar-refractivity contribution in [2.24, 2.45) is 0 Å². The number of rotatable bonds is 2. The van der Waals surface area contributed by atoms with Crippen molar-refractivity contribution in [1.29, 1.82) is 0 Å². The molecule has 0 unspecified atom stereocenters. The molecule has 0 fully saturated rings. The van der Waals surface area contributed by atoms with Crippen molar-refractivity contribution in [3.05, 3.63) is 69.6 Å². The van der Waals surface area contributed by atoms with E-state index in [2.05, 4.69) is 10.3 Å². The predicted molar refractivity (Wildman–Crippen MR) is 99.5 cm³/mol. The third-order valence-corrected chi connectivity index (χ3v) is 5.13. The molecule has 1 N–H and O–H groups in total. The zero-order chi connectivity index (χ0) is 17.6. The van der Waals surface area contributed by atoms with Gasteiger partial charge < -0.3 is 4.42 Å². The van der Waals surface area contributed by atoms with E-state index < -0.39 is 11.5 Å². The van der Waals surface area contributed by atoms with E-state index in [-0.39, 0.29) is 5.56 Å². The van der Waals surface area contributed by atoms with Crippen LogP contribution in [0.1, 0.15) is 21.5 Å². The molecule has 25 heavy (non-hydrogen) atoms. The second kappa shape index (κ2) is 5.82. The summed E-state index contributed by atoms with van der Waals surface area (Å²) in [7, 11) is 0. The number of anilines is 1. The number of thiazole rings is 1. The van der Waals surface area contributed by atoms with E-state index in [1.807, 2.05) is 32.0 Å². The summed E-state index contributed by atoms with van der Waals surface area (Å²) in [5.74, 6) is -0.520. The molecule has 0 radical (unpaired) electrons. The first kappa shape index (κ1) is 15.5. The molecule has 0 saturated carbocycles. The minimum atomic E-state index is -0.663. The van der Waals surface area contributed by atoms with E-state index in [1.165, 1.54) is 11.3 Å². The highest BCUT2D eigenvalue weighted by molar-refractivity contribution is 7.22. The summed E-state index contributed by atoms with van der Waals surface area (Å²) >= 11 is 1.38. The molecular formula is C19H14N2O3S. The Morgan fingerprint density at radius 1 is 1.16 bits per heavy atom. The van der Waals surface area contributed by atoms with Crippen LogP contribution in [0.2, 0.25) is 0 Å². The zero-order valence-corrected chi connectivity index (χ0v) is 14.4. The topological polar surface area (TPSA) is 72.2 Å². The first-order valence-electron chi connectivity index (χ1n) is 7.74. The average Bonchev–Trinajstić information content (AvgIpc) is 3.01. The van der Waals surface area contributed by atoms with Gasteiger partial charge in [0.1, 0.15) is 11.1 Å². The normalized spacial score (nSPS) is 11.1. The molecule has 4 aromatic rings. The molecule has 0 saturated heterocycles. The van der Waals surface area contributed by atoms with Crippen LogP contribution in [-0.4, -0.2) is 10.9 Å². The van der Waals surface area contributed by atoms with Crippen LogP contribution < -0.4 is 10.9 Å². The minimum Gasteiger partial charge on any atom is -0.422 e. The van der Waals surface area contributed by atoms with Gasteiger partial charge in [0.25, 0.3) is 5.91 Å². The number of nitrogens with one attached hydrogen (secondary N) is 1. The Hall–Kier alpha value is -2.99. The standard InChI is InChI=1S/C19H14N2O3S/c1-10-7-8-15-16(11(10)2)20-19(25-15)21-17(22)13-9-12-5-3-4-6-14(12)24-18(13)23/h3-9H,1-2H3,(H,20,21,22). The zero-order valence-electron chi connectivity index (χ0n) is 13.6. The number of hydrogen-bond donors (Lipinski definition) is 1. The van der Waals surface area contributed by atoms with Crippen molar-refractivity contribution in [2.75, 3.05) is 5.32 Å². The number of carbonyl (C=O) groups excluding carboxylic acids is 1. The summed E-state index contributed by atoms with van der Waals surface area (Å²) in [6.07, 6.45) is 0. The molecule has 0 aliphatic carbocycles. The second-order valence-corrected chi connectivity index (χ2v) is 6.84. The van der Waals surface area contributed by atoms with E-state index in [0.29, 0.717) is 16.1 Å². The van der Waals surface area contributed by atoms with Crippen molar-refractivity contribution in [2.45, 2.75) is 13.8 Å². The molecule has 0 bridgehead atoms. The minimum absolute atomic E-state index is 0.0362. The fraction of sp³-hybridized carbons (Fsp3) is 0.105. The quantitative estimate of drug-likeness (QED) is 0.548. The molecule has 2 aromatic carbocycles. The van der Waals surface area contributed by atoms with Crippen molar-refractivity contribution in [1.82, 2.24) is 4.98 Å². The van der Waals surface area contributed by atoms with Crippen LogP contribution in [0.4, 0.5) is 5.13 Å². The lowest BCUT2D eigenvalue weighted by molar-refractivity contribution is 0.102. The number of hydrogen-bond acceptors (Lipinski definition) is 5. The maximum Gasteiger partial charge on any atom is 0.349 e. The van der Waals surface area contributed by atoms with Crippen LogP contribution in [0, 0.1) is 13.8 Å². The van der Waals surface area contributed by atoms with Gasteiger partial charge in [-0.25, -0.2) is 9.78 Å². The highest BCUT2D eigenvalue weighted by Gasteiger charge is 2.16. The second-order valence-electron chi connectivity index (χ2n) is 5.81. The molecule has 2 aromatic heterocycles. The Bertz CT molecular complexity index is 1190. The third-order valence-electron chi connectivity index (χ3n) is 4.19. The van der Waals surface area contributed by atoms with Gasteiger partial charge in [-0.05, 0) is 43.2 Å². The smallest absolute Gasteiger partial charge is 0.349 e. The molecule has 1 amide bonds. The number of benzene rings is 2. The maximum absolute atomic E-state index is 12.5. The monoisotopic (exact) mass is 350 g/mol. The van der Waals surface area contributed by atoms with Gasteiger partial charge in [-0.2, -0.15) is 0 Å². The molecule has 2 heterocycles. The van der Waals surface area contributed by atoms with Crippen LogP contribution in [0.5, 0.6) is 0 Å². The first-order chi connectivity index (χ1) is 12.0. The van der Waals surface area contributed by atoms with E-state index in [9.17, 15) is 9.59 Å². The Kier molecular flexibility index (Phi) is 3.62. The number of nitrogens with zero attached hydrogens (tertiary/aromatic N) is 1. The Balaban J connectivity index is 1.72. The number of carbonyl (C=O) groups is 1. The van der Waals surface area contributed by atoms with Crippen molar-refractivity contribution in [3.63, 3.8) is 0 Å². The van der Waals surface area contributed by atoms with Crippen LogP contribution in [-0.2, 0) is 0 Å². The summed E-state index contributed by atoms with van der Waals surface area (Å²) in [6.45, 7) is 4.02. The third kappa shape index (κ3) is 2.70. The van der Waals surface area contributed by atoms with Crippen LogP contribution in [0.15, 0.2) is 51.7 Å². The molecule has 0 aliphatic rings. The van der Waals surface area contributed by atoms with Gasteiger partial charge in [-0.15, -0.1) is 0 Å².